The van der Waals surface area contributed by atoms with E-state index < -0.39 is 14.0 Å². The summed E-state index contributed by atoms with van der Waals surface area (Å²) in [6.07, 6.45) is 18.9. The van der Waals surface area contributed by atoms with E-state index >= 15 is 0 Å². The first-order chi connectivity index (χ1) is 19.9. The lowest BCUT2D eigenvalue weighted by molar-refractivity contribution is -0.142. The lowest BCUT2D eigenvalue weighted by Gasteiger charge is -2.39. The summed E-state index contributed by atoms with van der Waals surface area (Å²) in [5.74, 6) is -0.937. The van der Waals surface area contributed by atoms with Crippen molar-refractivity contribution in [3.8, 4) is 0 Å². The fraction of sp³-hybridized carbons (Fsp3) is 0.649. The van der Waals surface area contributed by atoms with Crippen LogP contribution < -0.4 is 5.19 Å². The highest BCUT2D eigenvalue weighted by Gasteiger charge is 2.42. The third-order valence-electron chi connectivity index (χ3n) is 9.09. The molecule has 4 heteroatoms. The molecule has 0 amide bonds. The summed E-state index contributed by atoms with van der Waals surface area (Å²) >= 11 is 0. The second kappa shape index (κ2) is 20.9. The van der Waals surface area contributed by atoms with E-state index in [2.05, 4.69) is 81.5 Å². The molecule has 0 bridgehead atoms. The van der Waals surface area contributed by atoms with Crippen molar-refractivity contribution in [1.82, 2.24) is 0 Å². The van der Waals surface area contributed by atoms with Crippen LogP contribution in [-0.4, -0.2) is 25.3 Å². The van der Waals surface area contributed by atoms with E-state index in [1.54, 1.807) is 0 Å². The summed E-state index contributed by atoms with van der Waals surface area (Å²) in [5, 5.41) is 11.9. The second-order valence-corrected chi connectivity index (χ2v) is 17.5. The number of benzene rings is 2. The first-order valence-corrected chi connectivity index (χ1v) is 19.9. The molecule has 0 fully saturated rings. The van der Waals surface area contributed by atoms with Crippen molar-refractivity contribution in [3.63, 3.8) is 0 Å². The van der Waals surface area contributed by atoms with Gasteiger partial charge in [0.2, 0.25) is 0 Å². The summed E-state index contributed by atoms with van der Waals surface area (Å²) in [5.41, 5.74) is 1.32. The molecule has 0 aliphatic rings. The molecule has 2 aromatic carbocycles. The van der Waals surface area contributed by atoms with Gasteiger partial charge >= 0.3 is 5.97 Å². The van der Waals surface area contributed by atoms with Gasteiger partial charge in [0.1, 0.15) is 0 Å². The monoisotopic (exact) mass is 580 g/mol. The van der Waals surface area contributed by atoms with E-state index in [1.807, 2.05) is 6.07 Å². The number of ether oxygens (including phenoxy) is 1. The summed E-state index contributed by atoms with van der Waals surface area (Å²) in [7, 11) is -2.11. The molecule has 0 aliphatic heterocycles. The summed E-state index contributed by atoms with van der Waals surface area (Å²) < 4.78 is 6.66. The molecule has 0 radical (unpaired) electrons. The molecule has 0 aliphatic carbocycles. The zero-order chi connectivity index (χ0) is 29.8. The van der Waals surface area contributed by atoms with E-state index in [0.717, 1.165) is 38.5 Å². The number of hydrogen-bond acceptors (Lipinski definition) is 2. The Labute approximate surface area is 253 Å². The van der Waals surface area contributed by atoms with Gasteiger partial charge in [-0.05, 0) is 30.4 Å². The molecule has 2 rings (SSSR count). The topological polar surface area (TPSA) is 46.5 Å². The Morgan fingerprint density at radius 2 is 1.20 bits per heavy atom. The molecule has 0 heterocycles. The number of rotatable bonds is 24. The predicted octanol–water partition coefficient (Wildman–Crippen LogP) is 10.5. The molecule has 41 heavy (non-hydrogen) atoms. The standard InChI is InChI=1S/C37H60O3Si/c1-5-7-9-11-12-13-14-15-20-26-33(40-31-32-24-18-16-19-25-32)30-36(35(37(38)39)29-23-10-8-6-2)41(3,4)34-27-21-17-22-28-34/h16-19,21-22,24-25,27-28,33,35-36H,5-15,20,23,26,29-31H2,1-4H3,(H,38,39)/t33-,35-,36-/m0/s1. The maximum absolute atomic E-state index is 12.9. The minimum atomic E-state index is -2.11. The third-order valence-corrected chi connectivity index (χ3v) is 13.4. The van der Waals surface area contributed by atoms with Crippen LogP contribution in [0.5, 0.6) is 0 Å². The quantitative estimate of drug-likeness (QED) is 0.0992. The van der Waals surface area contributed by atoms with Gasteiger partial charge in [0, 0.05) is 0 Å². The normalized spacial score (nSPS) is 14.0. The molecule has 1 N–H and O–H groups in total. The Hall–Kier alpha value is -1.91. The highest BCUT2D eigenvalue weighted by atomic mass is 28.3. The van der Waals surface area contributed by atoms with E-state index in [0.29, 0.717) is 6.61 Å². The Bertz CT molecular complexity index is 914. The van der Waals surface area contributed by atoms with Crippen LogP contribution in [0.15, 0.2) is 60.7 Å². The number of hydrogen-bond donors (Lipinski definition) is 1. The first-order valence-electron chi connectivity index (χ1n) is 16.8. The van der Waals surface area contributed by atoms with Crippen LogP contribution in [0.3, 0.4) is 0 Å². The smallest absolute Gasteiger partial charge is 0.306 e. The maximum atomic E-state index is 12.9. The van der Waals surface area contributed by atoms with Crippen LogP contribution in [0.4, 0.5) is 0 Å². The lowest BCUT2D eigenvalue weighted by Crippen LogP contribution is -2.50. The van der Waals surface area contributed by atoms with Crippen molar-refractivity contribution in [3.05, 3.63) is 66.2 Å². The number of carboxylic acid groups (broad SMARTS) is 1. The minimum Gasteiger partial charge on any atom is -0.481 e. The van der Waals surface area contributed by atoms with Crippen molar-refractivity contribution in [2.75, 3.05) is 0 Å². The molecule has 3 atom stereocenters. The molecule has 0 aromatic heterocycles. The fourth-order valence-electron chi connectivity index (χ4n) is 6.35. The predicted molar refractivity (Wildman–Crippen MR) is 179 cm³/mol. The molecular formula is C37H60O3Si. The van der Waals surface area contributed by atoms with E-state index in [9.17, 15) is 9.90 Å². The average molecular weight is 581 g/mol. The highest BCUT2D eigenvalue weighted by molar-refractivity contribution is 6.91. The number of aliphatic carboxylic acids is 1. The van der Waals surface area contributed by atoms with Crippen LogP contribution in [0, 0.1) is 5.92 Å². The van der Waals surface area contributed by atoms with Crippen molar-refractivity contribution in [1.29, 1.82) is 0 Å². The highest BCUT2D eigenvalue weighted by Crippen LogP contribution is 2.39. The largest absolute Gasteiger partial charge is 0.481 e. The lowest BCUT2D eigenvalue weighted by atomic mass is 9.92. The van der Waals surface area contributed by atoms with Gasteiger partial charge < -0.3 is 9.84 Å². The van der Waals surface area contributed by atoms with Crippen molar-refractivity contribution < 1.29 is 14.6 Å². The van der Waals surface area contributed by atoms with Gasteiger partial charge in [-0.2, -0.15) is 0 Å². The van der Waals surface area contributed by atoms with Gasteiger partial charge in [0.15, 0.2) is 0 Å². The molecule has 3 nitrogen and oxygen atoms in total. The van der Waals surface area contributed by atoms with Crippen LogP contribution >= 0.6 is 0 Å². The van der Waals surface area contributed by atoms with Crippen LogP contribution in [0.2, 0.25) is 18.6 Å². The summed E-state index contributed by atoms with van der Waals surface area (Å²) in [6.45, 7) is 9.86. The SMILES string of the molecule is CCCCCCCCCCC[C@@H](C[C@@H]([C@H](CCCCCC)C(=O)O)[Si](C)(C)c1ccccc1)OCc1ccccc1. The zero-order valence-corrected chi connectivity index (χ0v) is 27.8. The van der Waals surface area contributed by atoms with E-state index in [1.165, 1.54) is 75.0 Å². The Morgan fingerprint density at radius 3 is 1.76 bits per heavy atom. The van der Waals surface area contributed by atoms with Gasteiger partial charge in [-0.3, -0.25) is 4.79 Å². The molecule has 230 valence electrons. The Kier molecular flexibility index (Phi) is 18.0. The zero-order valence-electron chi connectivity index (χ0n) is 26.8. The van der Waals surface area contributed by atoms with Crippen molar-refractivity contribution in [2.24, 2.45) is 5.92 Å². The average Bonchev–Trinajstić information content (AvgIpc) is 2.98. The van der Waals surface area contributed by atoms with Gasteiger partial charge in [0.25, 0.3) is 0 Å². The van der Waals surface area contributed by atoms with Crippen LogP contribution in [-0.2, 0) is 16.1 Å². The Morgan fingerprint density at radius 1 is 0.707 bits per heavy atom. The fourth-order valence-corrected chi connectivity index (χ4v) is 10.0. The molecule has 2 aromatic rings. The molecular weight excluding hydrogens is 520 g/mol. The minimum absolute atomic E-state index is 0.0812. The summed E-state index contributed by atoms with van der Waals surface area (Å²) in [6, 6.07) is 21.2. The number of carbonyl (C=O) groups is 1. The van der Waals surface area contributed by atoms with Gasteiger partial charge in [0.05, 0.1) is 26.7 Å². The van der Waals surface area contributed by atoms with Gasteiger partial charge in [-0.1, -0.05) is 176 Å². The number of unbranched alkanes of at least 4 members (excludes halogenated alkanes) is 11. The Balaban J connectivity index is 2.17. The maximum Gasteiger partial charge on any atom is 0.306 e. The molecule has 0 unspecified atom stereocenters. The van der Waals surface area contributed by atoms with Crippen LogP contribution in [0.1, 0.15) is 122 Å². The second-order valence-electron chi connectivity index (χ2n) is 12.8. The molecule has 0 spiro atoms. The molecule has 0 saturated heterocycles. The molecule has 0 saturated carbocycles. The van der Waals surface area contributed by atoms with Crippen LogP contribution in [0.25, 0.3) is 0 Å². The van der Waals surface area contributed by atoms with Crippen molar-refractivity contribution in [2.45, 2.75) is 148 Å². The first kappa shape index (κ1) is 35.3. The van der Waals surface area contributed by atoms with Gasteiger partial charge in [-0.15, -0.1) is 0 Å². The van der Waals surface area contributed by atoms with E-state index in [-0.39, 0.29) is 17.6 Å². The third kappa shape index (κ3) is 13.7. The summed E-state index contributed by atoms with van der Waals surface area (Å²) in [4.78, 5) is 12.9. The van der Waals surface area contributed by atoms with Crippen molar-refractivity contribution >= 4 is 19.2 Å². The van der Waals surface area contributed by atoms with Gasteiger partial charge in [-0.25, -0.2) is 0 Å². The number of carboxylic acids is 1. The van der Waals surface area contributed by atoms with E-state index in [4.69, 9.17) is 4.74 Å².